The molecular formula is C16H15ClN2. The molecule has 96 valence electrons. The monoisotopic (exact) mass is 270 g/mol. The minimum atomic E-state index is 0.504. The van der Waals surface area contributed by atoms with E-state index in [2.05, 4.69) is 4.99 Å². The van der Waals surface area contributed by atoms with Gasteiger partial charge in [0.05, 0.1) is 6.54 Å². The zero-order valence-electron chi connectivity index (χ0n) is 10.5. The van der Waals surface area contributed by atoms with Gasteiger partial charge in [-0.2, -0.15) is 0 Å². The molecule has 0 saturated carbocycles. The van der Waals surface area contributed by atoms with Crippen molar-refractivity contribution in [3.05, 3.63) is 76.8 Å². The Morgan fingerprint density at radius 1 is 1.11 bits per heavy atom. The lowest BCUT2D eigenvalue weighted by atomic mass is 10.2. The summed E-state index contributed by atoms with van der Waals surface area (Å²) in [6.45, 7) is 0.590. The van der Waals surface area contributed by atoms with Crippen LogP contribution >= 0.6 is 11.6 Å². The molecule has 2 aromatic rings. The zero-order valence-corrected chi connectivity index (χ0v) is 11.2. The van der Waals surface area contributed by atoms with Gasteiger partial charge in [-0.15, -0.1) is 0 Å². The molecule has 0 unspecified atom stereocenters. The molecule has 3 heteroatoms. The quantitative estimate of drug-likeness (QED) is 0.664. The molecule has 0 saturated heterocycles. The SMILES string of the molecule is NC(/C=C/c1cccc(Cl)c1)=NCc1ccccc1. The van der Waals surface area contributed by atoms with Crippen molar-refractivity contribution in [3.63, 3.8) is 0 Å². The molecule has 2 rings (SSSR count). The van der Waals surface area contributed by atoms with Gasteiger partial charge in [0, 0.05) is 5.02 Å². The van der Waals surface area contributed by atoms with Gasteiger partial charge in [-0.25, -0.2) is 0 Å². The lowest BCUT2D eigenvalue weighted by Crippen LogP contribution is -2.07. The lowest BCUT2D eigenvalue weighted by molar-refractivity contribution is 1.06. The highest BCUT2D eigenvalue weighted by Crippen LogP contribution is 2.11. The van der Waals surface area contributed by atoms with Gasteiger partial charge in [0.25, 0.3) is 0 Å². The topological polar surface area (TPSA) is 38.4 Å². The molecular weight excluding hydrogens is 256 g/mol. The minimum Gasteiger partial charge on any atom is -0.384 e. The van der Waals surface area contributed by atoms with Gasteiger partial charge in [0.15, 0.2) is 0 Å². The predicted octanol–water partition coefficient (Wildman–Crippen LogP) is 3.91. The number of amidine groups is 1. The molecule has 19 heavy (non-hydrogen) atoms. The van der Waals surface area contributed by atoms with Crippen molar-refractivity contribution < 1.29 is 0 Å². The van der Waals surface area contributed by atoms with E-state index in [0.29, 0.717) is 17.4 Å². The Kier molecular flexibility index (Phi) is 4.76. The van der Waals surface area contributed by atoms with Crippen LogP contribution in [0.25, 0.3) is 6.08 Å². The van der Waals surface area contributed by atoms with Gasteiger partial charge in [-0.3, -0.25) is 4.99 Å². The molecule has 0 heterocycles. The summed E-state index contributed by atoms with van der Waals surface area (Å²) >= 11 is 5.91. The number of aliphatic imine (C=N–C) groups is 1. The van der Waals surface area contributed by atoms with Crippen LogP contribution in [0.15, 0.2) is 65.7 Å². The number of benzene rings is 2. The number of hydrogen-bond acceptors (Lipinski definition) is 1. The second kappa shape index (κ2) is 6.76. The van der Waals surface area contributed by atoms with Gasteiger partial charge in [0.1, 0.15) is 5.84 Å². The predicted molar refractivity (Wildman–Crippen MR) is 82.3 cm³/mol. The van der Waals surface area contributed by atoms with Crippen LogP contribution in [0.3, 0.4) is 0 Å². The van der Waals surface area contributed by atoms with E-state index < -0.39 is 0 Å². The molecule has 0 aliphatic rings. The molecule has 0 fully saturated rings. The molecule has 0 aromatic heterocycles. The summed E-state index contributed by atoms with van der Waals surface area (Å²) in [5.74, 6) is 0.504. The number of nitrogens with two attached hydrogens (primary N) is 1. The van der Waals surface area contributed by atoms with E-state index in [4.69, 9.17) is 17.3 Å². The summed E-state index contributed by atoms with van der Waals surface area (Å²) in [5.41, 5.74) is 7.98. The highest BCUT2D eigenvalue weighted by Gasteiger charge is 1.91. The Labute approximate surface area is 118 Å². The van der Waals surface area contributed by atoms with E-state index in [0.717, 1.165) is 11.1 Å². The smallest absolute Gasteiger partial charge is 0.118 e. The Morgan fingerprint density at radius 3 is 2.63 bits per heavy atom. The van der Waals surface area contributed by atoms with E-state index in [1.807, 2.05) is 60.7 Å². The highest BCUT2D eigenvalue weighted by molar-refractivity contribution is 6.30. The molecule has 2 nitrogen and oxygen atoms in total. The van der Waals surface area contributed by atoms with E-state index in [-0.39, 0.29) is 0 Å². The Hall–Kier alpha value is -2.06. The molecule has 0 aliphatic carbocycles. The van der Waals surface area contributed by atoms with Crippen LogP contribution in [-0.2, 0) is 6.54 Å². The normalized spacial score (nSPS) is 11.9. The van der Waals surface area contributed by atoms with E-state index in [1.54, 1.807) is 6.08 Å². The van der Waals surface area contributed by atoms with Gasteiger partial charge >= 0.3 is 0 Å². The first-order valence-electron chi connectivity index (χ1n) is 6.01. The van der Waals surface area contributed by atoms with Crippen molar-refractivity contribution in [3.8, 4) is 0 Å². The highest BCUT2D eigenvalue weighted by atomic mass is 35.5. The van der Waals surface area contributed by atoms with Crippen LogP contribution in [0.1, 0.15) is 11.1 Å². The van der Waals surface area contributed by atoms with Crippen LogP contribution < -0.4 is 5.73 Å². The fourth-order valence-electron chi connectivity index (χ4n) is 1.61. The molecule has 0 aliphatic heterocycles. The average Bonchev–Trinajstić information content (AvgIpc) is 2.44. The largest absolute Gasteiger partial charge is 0.384 e. The molecule has 0 radical (unpaired) electrons. The number of nitrogens with zero attached hydrogens (tertiary/aromatic N) is 1. The van der Waals surface area contributed by atoms with Crippen molar-refractivity contribution in [1.82, 2.24) is 0 Å². The third kappa shape index (κ3) is 4.60. The maximum atomic E-state index is 5.91. The fourth-order valence-corrected chi connectivity index (χ4v) is 1.81. The van der Waals surface area contributed by atoms with Gasteiger partial charge < -0.3 is 5.73 Å². The van der Waals surface area contributed by atoms with Crippen molar-refractivity contribution in [2.24, 2.45) is 10.7 Å². The maximum Gasteiger partial charge on any atom is 0.118 e. The summed E-state index contributed by atoms with van der Waals surface area (Å²) < 4.78 is 0. The van der Waals surface area contributed by atoms with Gasteiger partial charge in [-0.05, 0) is 29.3 Å². The Morgan fingerprint density at radius 2 is 1.89 bits per heavy atom. The molecule has 0 amide bonds. The van der Waals surface area contributed by atoms with Crippen LogP contribution in [0.2, 0.25) is 5.02 Å². The maximum absolute atomic E-state index is 5.91. The van der Waals surface area contributed by atoms with Crippen LogP contribution in [0.4, 0.5) is 0 Å². The third-order valence-corrected chi connectivity index (χ3v) is 2.82. The Balaban J connectivity index is 1.99. The second-order valence-corrected chi connectivity index (χ2v) is 4.55. The Bertz CT molecular complexity index is 589. The van der Waals surface area contributed by atoms with Crippen molar-refractivity contribution in [1.29, 1.82) is 0 Å². The summed E-state index contributed by atoms with van der Waals surface area (Å²) in [6, 6.07) is 17.6. The summed E-state index contributed by atoms with van der Waals surface area (Å²) in [7, 11) is 0. The van der Waals surface area contributed by atoms with E-state index in [1.165, 1.54) is 0 Å². The van der Waals surface area contributed by atoms with Crippen molar-refractivity contribution in [2.75, 3.05) is 0 Å². The lowest BCUT2D eigenvalue weighted by Gasteiger charge is -1.97. The minimum absolute atomic E-state index is 0.504. The van der Waals surface area contributed by atoms with E-state index in [9.17, 15) is 0 Å². The molecule has 2 aromatic carbocycles. The summed E-state index contributed by atoms with van der Waals surface area (Å²) in [4.78, 5) is 4.31. The standard InChI is InChI=1S/C16H15ClN2/c17-15-8-4-7-13(11-15)9-10-16(18)19-12-14-5-2-1-3-6-14/h1-11H,12H2,(H2,18,19)/b10-9+. The average molecular weight is 271 g/mol. The first-order chi connectivity index (χ1) is 9.24. The first kappa shape index (κ1) is 13.4. The first-order valence-corrected chi connectivity index (χ1v) is 6.39. The third-order valence-electron chi connectivity index (χ3n) is 2.58. The van der Waals surface area contributed by atoms with Gasteiger partial charge in [-0.1, -0.05) is 60.1 Å². The number of halogens is 1. The zero-order chi connectivity index (χ0) is 13.5. The molecule has 0 atom stereocenters. The van der Waals surface area contributed by atoms with E-state index >= 15 is 0 Å². The van der Waals surface area contributed by atoms with Crippen LogP contribution in [-0.4, -0.2) is 5.84 Å². The number of rotatable bonds is 4. The number of hydrogen-bond donors (Lipinski definition) is 1. The summed E-state index contributed by atoms with van der Waals surface area (Å²) in [5, 5.41) is 0.710. The van der Waals surface area contributed by atoms with Gasteiger partial charge in [0.2, 0.25) is 0 Å². The van der Waals surface area contributed by atoms with Crippen molar-refractivity contribution >= 4 is 23.5 Å². The van der Waals surface area contributed by atoms with Crippen LogP contribution in [0.5, 0.6) is 0 Å². The molecule has 2 N–H and O–H groups in total. The fraction of sp³-hybridized carbons (Fsp3) is 0.0625. The molecule has 0 spiro atoms. The molecule has 0 bridgehead atoms. The summed E-state index contributed by atoms with van der Waals surface area (Å²) in [6.07, 6.45) is 3.68. The second-order valence-electron chi connectivity index (χ2n) is 4.12. The van der Waals surface area contributed by atoms with Crippen LogP contribution in [0, 0.1) is 0 Å². The van der Waals surface area contributed by atoms with Crippen molar-refractivity contribution in [2.45, 2.75) is 6.54 Å².